The summed E-state index contributed by atoms with van der Waals surface area (Å²) in [6, 6.07) is 3.83. The molecular weight excluding hydrogens is 248 g/mol. The highest BCUT2D eigenvalue weighted by molar-refractivity contribution is 6.26. The normalized spacial score (nSPS) is 17.5. The van der Waals surface area contributed by atoms with Crippen molar-refractivity contribution >= 4 is 11.3 Å². The minimum absolute atomic E-state index is 0.567. The van der Waals surface area contributed by atoms with Gasteiger partial charge in [-0.3, -0.25) is 0 Å². The Morgan fingerprint density at radius 1 is 1.21 bits per heavy atom. The Bertz CT molecular complexity index is 535. The highest BCUT2D eigenvalue weighted by Gasteiger charge is 2.23. The molecule has 1 aliphatic carbocycles. The van der Waals surface area contributed by atoms with Gasteiger partial charge in [-0.05, 0) is 43.4 Å². The van der Waals surface area contributed by atoms with Crippen LogP contribution in [-0.2, 0) is 0 Å². The topological polar surface area (TPSA) is 32.6 Å². The maximum absolute atomic E-state index is 13.3. The molecular formula is C15H17F2NO. The highest BCUT2D eigenvalue weighted by atomic mass is 19.2. The number of allylic oxidation sites excluding steroid dienone is 2. The summed E-state index contributed by atoms with van der Waals surface area (Å²) in [5.41, 5.74) is 3.11. The van der Waals surface area contributed by atoms with Gasteiger partial charge in [0.1, 0.15) is 0 Å². The van der Waals surface area contributed by atoms with E-state index in [1.807, 2.05) is 0 Å². The van der Waals surface area contributed by atoms with Crippen LogP contribution in [0.2, 0.25) is 0 Å². The standard InChI is InChI=1S/C15H17F2NO/c1-2-3-4-10-6-8-14(18-19)15(10)11-5-7-12(16)13(17)9-11/h5,7,9,19H,2-4,6,8H2,1H3/b18-14+. The summed E-state index contributed by atoms with van der Waals surface area (Å²) >= 11 is 0. The fraction of sp³-hybridized carbons (Fsp3) is 0.400. The maximum atomic E-state index is 13.3. The predicted molar refractivity (Wildman–Crippen MR) is 71.3 cm³/mol. The number of rotatable bonds is 4. The molecule has 1 aliphatic rings. The van der Waals surface area contributed by atoms with Gasteiger partial charge in [0, 0.05) is 5.57 Å². The van der Waals surface area contributed by atoms with Gasteiger partial charge in [-0.2, -0.15) is 0 Å². The molecule has 4 heteroatoms. The molecule has 0 bridgehead atoms. The highest BCUT2D eigenvalue weighted by Crippen LogP contribution is 2.35. The zero-order valence-electron chi connectivity index (χ0n) is 10.9. The number of oxime groups is 1. The van der Waals surface area contributed by atoms with E-state index in [1.165, 1.54) is 17.7 Å². The van der Waals surface area contributed by atoms with E-state index >= 15 is 0 Å². The van der Waals surface area contributed by atoms with Crippen LogP contribution in [-0.4, -0.2) is 10.9 Å². The van der Waals surface area contributed by atoms with E-state index in [0.717, 1.165) is 37.3 Å². The number of halogens is 2. The van der Waals surface area contributed by atoms with E-state index in [4.69, 9.17) is 5.21 Å². The van der Waals surface area contributed by atoms with Crippen LogP contribution in [0.1, 0.15) is 44.6 Å². The van der Waals surface area contributed by atoms with E-state index in [9.17, 15) is 8.78 Å². The Kier molecular flexibility index (Phi) is 4.30. The average Bonchev–Trinajstić information content (AvgIpc) is 2.82. The van der Waals surface area contributed by atoms with Crippen LogP contribution in [0.5, 0.6) is 0 Å². The Morgan fingerprint density at radius 2 is 2.00 bits per heavy atom. The average molecular weight is 265 g/mol. The Hall–Kier alpha value is -1.71. The monoisotopic (exact) mass is 265 g/mol. The molecule has 0 spiro atoms. The molecule has 0 aliphatic heterocycles. The second kappa shape index (κ2) is 5.95. The third-order valence-corrected chi connectivity index (χ3v) is 3.47. The van der Waals surface area contributed by atoms with Gasteiger partial charge in [0.15, 0.2) is 11.6 Å². The first-order chi connectivity index (χ1) is 9.17. The molecule has 0 saturated carbocycles. The van der Waals surface area contributed by atoms with Gasteiger partial charge < -0.3 is 5.21 Å². The third-order valence-electron chi connectivity index (χ3n) is 3.47. The molecule has 1 N–H and O–H groups in total. The zero-order chi connectivity index (χ0) is 13.8. The molecule has 0 unspecified atom stereocenters. The van der Waals surface area contributed by atoms with Crippen LogP contribution in [0, 0.1) is 11.6 Å². The number of benzene rings is 1. The molecule has 1 aromatic carbocycles. The molecule has 0 fully saturated rings. The van der Waals surface area contributed by atoms with Crippen molar-refractivity contribution in [1.29, 1.82) is 0 Å². The summed E-state index contributed by atoms with van der Waals surface area (Å²) in [4.78, 5) is 0. The molecule has 1 aromatic rings. The van der Waals surface area contributed by atoms with Gasteiger partial charge >= 0.3 is 0 Å². The molecule has 0 radical (unpaired) electrons. The van der Waals surface area contributed by atoms with Crippen LogP contribution in [0.3, 0.4) is 0 Å². The molecule has 19 heavy (non-hydrogen) atoms. The van der Waals surface area contributed by atoms with Gasteiger partial charge in [-0.25, -0.2) is 8.78 Å². The first-order valence-corrected chi connectivity index (χ1v) is 6.56. The summed E-state index contributed by atoms with van der Waals surface area (Å²) in [5.74, 6) is -1.73. The number of unbranched alkanes of at least 4 members (excludes halogenated alkanes) is 1. The number of hydrogen-bond acceptors (Lipinski definition) is 2. The Labute approximate surface area is 111 Å². The van der Waals surface area contributed by atoms with Crippen LogP contribution < -0.4 is 0 Å². The third kappa shape index (κ3) is 2.83. The van der Waals surface area contributed by atoms with E-state index in [2.05, 4.69) is 12.1 Å². The lowest BCUT2D eigenvalue weighted by molar-refractivity contribution is 0.319. The van der Waals surface area contributed by atoms with Gasteiger partial charge in [-0.15, -0.1) is 0 Å². The first kappa shape index (κ1) is 13.7. The fourth-order valence-electron chi connectivity index (χ4n) is 2.49. The van der Waals surface area contributed by atoms with E-state index in [0.29, 0.717) is 17.7 Å². The van der Waals surface area contributed by atoms with E-state index in [-0.39, 0.29) is 0 Å². The first-order valence-electron chi connectivity index (χ1n) is 6.56. The van der Waals surface area contributed by atoms with Gasteiger partial charge in [0.25, 0.3) is 0 Å². The summed E-state index contributed by atoms with van der Waals surface area (Å²) in [6.45, 7) is 2.10. The van der Waals surface area contributed by atoms with E-state index < -0.39 is 11.6 Å². The SMILES string of the molecule is CCCCC1=C(c2ccc(F)c(F)c2)/C(=N/O)CC1. The predicted octanol–water partition coefficient (Wildman–Crippen LogP) is 4.53. The van der Waals surface area contributed by atoms with Crippen molar-refractivity contribution in [2.75, 3.05) is 0 Å². The van der Waals surface area contributed by atoms with Crippen LogP contribution in [0.25, 0.3) is 5.57 Å². The number of hydrogen-bond donors (Lipinski definition) is 1. The minimum atomic E-state index is -0.871. The second-order valence-electron chi connectivity index (χ2n) is 4.76. The maximum Gasteiger partial charge on any atom is 0.159 e. The van der Waals surface area contributed by atoms with Crippen molar-refractivity contribution in [2.24, 2.45) is 5.16 Å². The molecule has 0 amide bonds. The minimum Gasteiger partial charge on any atom is -0.411 e. The van der Waals surface area contributed by atoms with Crippen LogP contribution in [0.15, 0.2) is 28.9 Å². The molecule has 102 valence electrons. The van der Waals surface area contributed by atoms with Gasteiger partial charge in [0.05, 0.1) is 5.71 Å². The lowest BCUT2D eigenvalue weighted by Gasteiger charge is -2.08. The van der Waals surface area contributed by atoms with E-state index in [1.54, 1.807) is 0 Å². The smallest absolute Gasteiger partial charge is 0.159 e. The van der Waals surface area contributed by atoms with Crippen LogP contribution in [0.4, 0.5) is 8.78 Å². The van der Waals surface area contributed by atoms with Crippen LogP contribution >= 0.6 is 0 Å². The van der Waals surface area contributed by atoms with Crippen molar-refractivity contribution in [3.05, 3.63) is 41.0 Å². The quantitative estimate of drug-likeness (QED) is 0.629. The summed E-state index contributed by atoms with van der Waals surface area (Å²) in [5, 5.41) is 12.3. The Balaban J connectivity index is 2.43. The van der Waals surface area contributed by atoms with Crippen molar-refractivity contribution in [3.63, 3.8) is 0 Å². The zero-order valence-corrected chi connectivity index (χ0v) is 10.9. The lowest BCUT2D eigenvalue weighted by atomic mass is 9.98. The molecule has 0 atom stereocenters. The molecule has 2 nitrogen and oxygen atoms in total. The fourth-order valence-corrected chi connectivity index (χ4v) is 2.49. The molecule has 0 saturated heterocycles. The summed E-state index contributed by atoms with van der Waals surface area (Å²) in [6.07, 6.45) is 4.50. The summed E-state index contributed by atoms with van der Waals surface area (Å²) < 4.78 is 26.3. The second-order valence-corrected chi connectivity index (χ2v) is 4.76. The molecule has 0 aromatic heterocycles. The number of nitrogens with zero attached hydrogens (tertiary/aromatic N) is 1. The molecule has 2 rings (SSSR count). The van der Waals surface area contributed by atoms with Crippen molar-refractivity contribution in [3.8, 4) is 0 Å². The van der Waals surface area contributed by atoms with Gasteiger partial charge in [-0.1, -0.05) is 30.1 Å². The largest absolute Gasteiger partial charge is 0.411 e. The molecule has 0 heterocycles. The van der Waals surface area contributed by atoms with Crippen molar-refractivity contribution < 1.29 is 14.0 Å². The Morgan fingerprint density at radius 3 is 2.63 bits per heavy atom. The lowest BCUT2D eigenvalue weighted by Crippen LogP contribution is -1.99. The van der Waals surface area contributed by atoms with Gasteiger partial charge in [0.2, 0.25) is 0 Å². The van der Waals surface area contributed by atoms with Crippen molar-refractivity contribution in [2.45, 2.75) is 39.0 Å². The van der Waals surface area contributed by atoms with Crippen molar-refractivity contribution in [1.82, 2.24) is 0 Å². The summed E-state index contributed by atoms with van der Waals surface area (Å²) in [7, 11) is 0.